The number of Topliss-reactive ketones (excluding diaryl/α,β-unsaturated/α-hetero) is 1. The lowest BCUT2D eigenvalue weighted by Gasteiger charge is -2.07. The smallest absolute Gasteiger partial charge is 0.193 e. The topological polar surface area (TPSA) is 34.1 Å². The normalized spacial score (nSPS) is 11.8. The molecule has 0 aromatic heterocycles. The van der Waals surface area contributed by atoms with E-state index in [-0.39, 0.29) is 11.6 Å². The molecule has 0 atom stereocenters. The third-order valence-electron chi connectivity index (χ3n) is 3.98. The minimum absolute atomic E-state index is 0.0106. The third-order valence-corrected chi connectivity index (χ3v) is 3.98. The number of carbonyl (C=O) groups excluding carboxylic acids is 2. The van der Waals surface area contributed by atoms with Gasteiger partial charge in [0.2, 0.25) is 0 Å². The van der Waals surface area contributed by atoms with E-state index in [0.29, 0.717) is 11.1 Å². The SMILES string of the molecule is CC(=O)/C(C)=C(\C)c1ccc(C(=O)c2ccc(C)cc2)cc1. The molecule has 0 spiro atoms. The van der Waals surface area contributed by atoms with Gasteiger partial charge in [-0.2, -0.15) is 0 Å². The standard InChI is InChI=1S/C20H20O2/c1-13-5-7-18(8-6-13)20(22)19-11-9-17(10-12-19)15(3)14(2)16(4)21/h5-12H,1-4H3/b15-14+. The molecule has 2 aromatic carbocycles. The highest BCUT2D eigenvalue weighted by atomic mass is 16.1. The summed E-state index contributed by atoms with van der Waals surface area (Å²) >= 11 is 0. The van der Waals surface area contributed by atoms with Crippen molar-refractivity contribution in [1.82, 2.24) is 0 Å². The van der Waals surface area contributed by atoms with Gasteiger partial charge in [-0.25, -0.2) is 0 Å². The lowest BCUT2D eigenvalue weighted by molar-refractivity contribution is -0.113. The first-order valence-corrected chi connectivity index (χ1v) is 7.30. The monoisotopic (exact) mass is 292 g/mol. The van der Waals surface area contributed by atoms with Crippen molar-refractivity contribution in [3.63, 3.8) is 0 Å². The van der Waals surface area contributed by atoms with Crippen LogP contribution in [0.1, 0.15) is 47.8 Å². The number of rotatable bonds is 4. The van der Waals surface area contributed by atoms with E-state index in [2.05, 4.69) is 0 Å². The Morgan fingerprint density at radius 1 is 0.682 bits per heavy atom. The number of carbonyl (C=O) groups is 2. The number of ketones is 2. The van der Waals surface area contributed by atoms with Crippen molar-refractivity contribution in [3.8, 4) is 0 Å². The summed E-state index contributed by atoms with van der Waals surface area (Å²) in [5.41, 5.74) is 5.13. The Balaban J connectivity index is 2.29. The fraction of sp³-hybridized carbons (Fsp3) is 0.200. The number of hydrogen-bond donors (Lipinski definition) is 0. The first kappa shape index (κ1) is 15.9. The molecule has 0 N–H and O–H groups in total. The van der Waals surface area contributed by atoms with Crippen LogP contribution < -0.4 is 0 Å². The van der Waals surface area contributed by atoms with E-state index in [4.69, 9.17) is 0 Å². The lowest BCUT2D eigenvalue weighted by atomic mass is 9.96. The molecular weight excluding hydrogens is 272 g/mol. The van der Waals surface area contributed by atoms with Crippen LogP contribution in [0.2, 0.25) is 0 Å². The maximum absolute atomic E-state index is 12.4. The molecule has 0 aliphatic rings. The summed E-state index contributed by atoms with van der Waals surface area (Å²) in [7, 11) is 0. The molecule has 0 saturated heterocycles. The van der Waals surface area contributed by atoms with Crippen molar-refractivity contribution in [2.45, 2.75) is 27.7 Å². The number of aryl methyl sites for hydroxylation is 1. The van der Waals surface area contributed by atoms with Gasteiger partial charge in [-0.1, -0.05) is 54.1 Å². The van der Waals surface area contributed by atoms with Gasteiger partial charge in [0.15, 0.2) is 11.6 Å². The van der Waals surface area contributed by atoms with Gasteiger partial charge < -0.3 is 0 Å². The fourth-order valence-electron chi connectivity index (χ4n) is 2.22. The molecule has 0 fully saturated rings. The lowest BCUT2D eigenvalue weighted by Crippen LogP contribution is -2.01. The van der Waals surface area contributed by atoms with Crippen molar-refractivity contribution in [2.24, 2.45) is 0 Å². The molecule has 0 bridgehead atoms. The van der Waals surface area contributed by atoms with Crippen LogP contribution in [0.3, 0.4) is 0 Å². The first-order chi connectivity index (χ1) is 10.4. The van der Waals surface area contributed by atoms with Crippen molar-refractivity contribution in [2.75, 3.05) is 0 Å². The summed E-state index contributed by atoms with van der Waals surface area (Å²) in [6.45, 7) is 7.31. The van der Waals surface area contributed by atoms with Crippen molar-refractivity contribution < 1.29 is 9.59 Å². The molecule has 2 heteroatoms. The van der Waals surface area contributed by atoms with Crippen LogP contribution in [0.4, 0.5) is 0 Å². The average molecular weight is 292 g/mol. The zero-order valence-corrected chi connectivity index (χ0v) is 13.4. The predicted octanol–water partition coefficient (Wildman–Crippen LogP) is 4.61. The van der Waals surface area contributed by atoms with Gasteiger partial charge in [0.05, 0.1) is 0 Å². The maximum atomic E-state index is 12.4. The first-order valence-electron chi connectivity index (χ1n) is 7.30. The van der Waals surface area contributed by atoms with Gasteiger partial charge in [-0.15, -0.1) is 0 Å². The van der Waals surface area contributed by atoms with Crippen LogP contribution in [0, 0.1) is 6.92 Å². The molecule has 2 nitrogen and oxygen atoms in total. The Labute approximate surface area is 131 Å². The molecule has 22 heavy (non-hydrogen) atoms. The average Bonchev–Trinajstić information content (AvgIpc) is 2.53. The van der Waals surface area contributed by atoms with Crippen molar-refractivity contribution in [1.29, 1.82) is 0 Å². The second-order valence-corrected chi connectivity index (χ2v) is 5.58. The molecular formula is C20H20O2. The molecule has 2 aromatic rings. The number of hydrogen-bond acceptors (Lipinski definition) is 2. The van der Waals surface area contributed by atoms with Gasteiger partial charge in [0.25, 0.3) is 0 Å². The van der Waals surface area contributed by atoms with E-state index in [1.807, 2.05) is 69.3 Å². The number of benzene rings is 2. The summed E-state index contributed by atoms with van der Waals surface area (Å²) in [5, 5.41) is 0. The number of allylic oxidation sites excluding steroid dienone is 2. The molecule has 0 unspecified atom stereocenters. The van der Waals surface area contributed by atoms with Crippen LogP contribution >= 0.6 is 0 Å². The maximum Gasteiger partial charge on any atom is 0.193 e. The highest BCUT2D eigenvalue weighted by Crippen LogP contribution is 2.20. The Kier molecular flexibility index (Phi) is 4.71. The highest BCUT2D eigenvalue weighted by molar-refractivity contribution is 6.09. The van der Waals surface area contributed by atoms with Gasteiger partial charge in [0.1, 0.15) is 0 Å². The predicted molar refractivity (Wildman–Crippen MR) is 90.0 cm³/mol. The molecule has 0 aliphatic carbocycles. The highest BCUT2D eigenvalue weighted by Gasteiger charge is 2.10. The van der Waals surface area contributed by atoms with Gasteiger partial charge in [-0.3, -0.25) is 9.59 Å². The van der Waals surface area contributed by atoms with E-state index in [0.717, 1.165) is 22.3 Å². The molecule has 0 saturated carbocycles. The second kappa shape index (κ2) is 6.52. The summed E-state index contributed by atoms with van der Waals surface area (Å²) in [6.07, 6.45) is 0. The quantitative estimate of drug-likeness (QED) is 0.609. The van der Waals surface area contributed by atoms with Gasteiger partial charge in [-0.05, 0) is 44.4 Å². The summed E-state index contributed by atoms with van der Waals surface area (Å²) < 4.78 is 0. The molecule has 2 rings (SSSR count). The van der Waals surface area contributed by atoms with E-state index < -0.39 is 0 Å². The van der Waals surface area contributed by atoms with Gasteiger partial charge in [0, 0.05) is 11.1 Å². The molecule has 0 aliphatic heterocycles. The van der Waals surface area contributed by atoms with E-state index in [1.54, 1.807) is 6.92 Å². The summed E-state index contributed by atoms with van der Waals surface area (Å²) in [5.74, 6) is 0.0776. The third kappa shape index (κ3) is 3.40. The minimum Gasteiger partial charge on any atom is -0.295 e. The van der Waals surface area contributed by atoms with Crippen molar-refractivity contribution in [3.05, 3.63) is 76.4 Å². The molecule has 0 radical (unpaired) electrons. The molecule has 0 amide bonds. The van der Waals surface area contributed by atoms with Crippen LogP contribution in [-0.2, 0) is 4.79 Å². The Morgan fingerprint density at radius 3 is 1.55 bits per heavy atom. The van der Waals surface area contributed by atoms with Crippen LogP contribution in [0.5, 0.6) is 0 Å². The van der Waals surface area contributed by atoms with Crippen LogP contribution in [0.15, 0.2) is 54.1 Å². The molecule has 0 heterocycles. The summed E-state index contributed by atoms with van der Waals surface area (Å²) in [4.78, 5) is 23.8. The minimum atomic E-state index is 0.0106. The zero-order chi connectivity index (χ0) is 16.3. The molecule has 112 valence electrons. The van der Waals surface area contributed by atoms with Crippen LogP contribution in [-0.4, -0.2) is 11.6 Å². The summed E-state index contributed by atoms with van der Waals surface area (Å²) in [6, 6.07) is 15.0. The Morgan fingerprint density at radius 2 is 1.09 bits per heavy atom. The zero-order valence-electron chi connectivity index (χ0n) is 13.4. The Bertz CT molecular complexity index is 732. The van der Waals surface area contributed by atoms with E-state index >= 15 is 0 Å². The van der Waals surface area contributed by atoms with E-state index in [1.165, 1.54) is 0 Å². The second-order valence-electron chi connectivity index (χ2n) is 5.58. The van der Waals surface area contributed by atoms with Gasteiger partial charge >= 0.3 is 0 Å². The van der Waals surface area contributed by atoms with Crippen LogP contribution in [0.25, 0.3) is 5.57 Å². The largest absolute Gasteiger partial charge is 0.295 e. The fourth-order valence-corrected chi connectivity index (χ4v) is 2.22. The van der Waals surface area contributed by atoms with E-state index in [9.17, 15) is 9.59 Å². The Hall–Kier alpha value is -2.48. The van der Waals surface area contributed by atoms with Crippen molar-refractivity contribution >= 4 is 17.1 Å².